The van der Waals surface area contributed by atoms with Crippen LogP contribution in [0.4, 0.5) is 0 Å². The van der Waals surface area contributed by atoms with Gasteiger partial charge in [0.2, 0.25) is 0 Å². The standard InChI is InChI=1S/C8H11NOS/c1-3-11(10)8-5-4-7(2)6-9-8/h4-6H,3H2,1-2H3. The Morgan fingerprint density at radius 3 is 2.73 bits per heavy atom. The van der Waals surface area contributed by atoms with E-state index >= 15 is 0 Å². The van der Waals surface area contributed by atoms with Gasteiger partial charge in [-0.05, 0) is 18.6 Å². The van der Waals surface area contributed by atoms with Crippen molar-refractivity contribution in [3.8, 4) is 0 Å². The maximum atomic E-state index is 11.2. The molecule has 2 nitrogen and oxygen atoms in total. The Kier molecular flexibility index (Phi) is 2.76. The molecular formula is C8H11NOS. The molecule has 0 bridgehead atoms. The van der Waals surface area contributed by atoms with Crippen LogP contribution in [0.5, 0.6) is 0 Å². The Labute approximate surface area is 69.1 Å². The topological polar surface area (TPSA) is 30.0 Å². The number of rotatable bonds is 2. The normalized spacial score (nSPS) is 12.9. The summed E-state index contributed by atoms with van der Waals surface area (Å²) in [5, 5.41) is 0.679. The number of nitrogens with zero attached hydrogens (tertiary/aromatic N) is 1. The lowest BCUT2D eigenvalue weighted by molar-refractivity contribution is 0.681. The average molecular weight is 169 g/mol. The molecule has 0 aliphatic rings. The maximum Gasteiger partial charge on any atom is 0.127 e. The Morgan fingerprint density at radius 2 is 2.27 bits per heavy atom. The van der Waals surface area contributed by atoms with E-state index in [1.54, 1.807) is 6.20 Å². The van der Waals surface area contributed by atoms with E-state index in [4.69, 9.17) is 0 Å². The Hall–Kier alpha value is -0.700. The number of pyridine rings is 1. The fraction of sp³-hybridized carbons (Fsp3) is 0.375. The maximum absolute atomic E-state index is 11.2. The summed E-state index contributed by atoms with van der Waals surface area (Å²) in [6.45, 7) is 3.85. The lowest BCUT2D eigenvalue weighted by Crippen LogP contribution is -1.96. The van der Waals surface area contributed by atoms with Crippen LogP contribution in [-0.2, 0) is 10.8 Å². The largest absolute Gasteiger partial charge is 0.253 e. The SMILES string of the molecule is CCS(=O)c1ccc(C)cn1. The predicted molar refractivity (Wildman–Crippen MR) is 45.9 cm³/mol. The van der Waals surface area contributed by atoms with Crippen molar-refractivity contribution in [1.29, 1.82) is 0 Å². The van der Waals surface area contributed by atoms with Crippen LogP contribution in [-0.4, -0.2) is 14.9 Å². The minimum atomic E-state index is -0.910. The molecule has 0 amide bonds. The van der Waals surface area contributed by atoms with Gasteiger partial charge in [0.15, 0.2) is 0 Å². The van der Waals surface area contributed by atoms with Crippen molar-refractivity contribution < 1.29 is 4.21 Å². The molecule has 1 rings (SSSR count). The van der Waals surface area contributed by atoms with Crippen LogP contribution in [0.2, 0.25) is 0 Å². The molecule has 11 heavy (non-hydrogen) atoms. The van der Waals surface area contributed by atoms with Crippen LogP contribution < -0.4 is 0 Å². The monoisotopic (exact) mass is 169 g/mol. The second-order valence-electron chi connectivity index (χ2n) is 2.31. The van der Waals surface area contributed by atoms with Crippen molar-refractivity contribution in [3.05, 3.63) is 23.9 Å². The molecule has 1 aromatic heterocycles. The first-order valence-electron chi connectivity index (χ1n) is 3.55. The second-order valence-corrected chi connectivity index (χ2v) is 3.99. The average Bonchev–Trinajstić information content (AvgIpc) is 2.05. The molecule has 1 aromatic rings. The zero-order valence-corrected chi connectivity index (χ0v) is 7.52. The molecule has 1 atom stereocenters. The summed E-state index contributed by atoms with van der Waals surface area (Å²) in [6.07, 6.45) is 1.74. The minimum Gasteiger partial charge on any atom is -0.253 e. The van der Waals surface area contributed by atoms with Crippen molar-refractivity contribution in [2.24, 2.45) is 0 Å². The lowest BCUT2D eigenvalue weighted by Gasteiger charge is -1.96. The minimum absolute atomic E-state index is 0.635. The third-order valence-electron chi connectivity index (χ3n) is 1.38. The van der Waals surface area contributed by atoms with Gasteiger partial charge in [-0.3, -0.25) is 4.21 Å². The summed E-state index contributed by atoms with van der Waals surface area (Å²) in [6, 6.07) is 3.74. The first-order chi connectivity index (χ1) is 5.24. The van der Waals surface area contributed by atoms with Crippen LogP contribution in [0.25, 0.3) is 0 Å². The van der Waals surface area contributed by atoms with Gasteiger partial charge in [0.05, 0.1) is 10.8 Å². The van der Waals surface area contributed by atoms with Gasteiger partial charge in [0.25, 0.3) is 0 Å². The number of hydrogen-bond donors (Lipinski definition) is 0. The van der Waals surface area contributed by atoms with Gasteiger partial charge in [-0.1, -0.05) is 13.0 Å². The van der Waals surface area contributed by atoms with Crippen LogP contribution in [0, 0.1) is 6.92 Å². The van der Waals surface area contributed by atoms with E-state index in [2.05, 4.69) is 4.98 Å². The first-order valence-corrected chi connectivity index (χ1v) is 4.87. The molecule has 1 unspecified atom stereocenters. The highest BCUT2D eigenvalue weighted by atomic mass is 32.2. The van der Waals surface area contributed by atoms with Gasteiger partial charge < -0.3 is 0 Å². The molecule has 0 saturated carbocycles. The van der Waals surface area contributed by atoms with Gasteiger partial charge >= 0.3 is 0 Å². The highest BCUT2D eigenvalue weighted by Gasteiger charge is 1.99. The molecule has 0 saturated heterocycles. The lowest BCUT2D eigenvalue weighted by atomic mass is 10.3. The summed E-state index contributed by atoms with van der Waals surface area (Å²) in [4.78, 5) is 4.05. The van der Waals surface area contributed by atoms with Crippen molar-refractivity contribution in [2.45, 2.75) is 18.9 Å². The zero-order chi connectivity index (χ0) is 8.27. The highest BCUT2D eigenvalue weighted by molar-refractivity contribution is 7.84. The summed E-state index contributed by atoms with van der Waals surface area (Å²) in [5.41, 5.74) is 1.10. The molecule has 60 valence electrons. The zero-order valence-electron chi connectivity index (χ0n) is 6.70. The third-order valence-corrected chi connectivity index (χ3v) is 2.61. The molecule has 0 aromatic carbocycles. The quantitative estimate of drug-likeness (QED) is 0.672. The smallest absolute Gasteiger partial charge is 0.127 e. The second kappa shape index (κ2) is 3.62. The number of hydrogen-bond acceptors (Lipinski definition) is 2. The summed E-state index contributed by atoms with van der Waals surface area (Å²) in [7, 11) is -0.910. The van der Waals surface area contributed by atoms with E-state index in [1.165, 1.54) is 0 Å². The van der Waals surface area contributed by atoms with Gasteiger partial charge in [0.1, 0.15) is 5.03 Å². The highest BCUT2D eigenvalue weighted by Crippen LogP contribution is 2.03. The van der Waals surface area contributed by atoms with Crippen molar-refractivity contribution in [1.82, 2.24) is 4.98 Å². The van der Waals surface area contributed by atoms with Gasteiger partial charge in [-0.2, -0.15) is 0 Å². The van der Waals surface area contributed by atoms with Crippen molar-refractivity contribution >= 4 is 10.8 Å². The Morgan fingerprint density at radius 1 is 1.55 bits per heavy atom. The molecule has 0 radical (unpaired) electrons. The summed E-state index contributed by atoms with van der Waals surface area (Å²) < 4.78 is 11.2. The molecule has 0 spiro atoms. The number of aromatic nitrogens is 1. The molecule has 0 aliphatic heterocycles. The van der Waals surface area contributed by atoms with Crippen LogP contribution in [0.1, 0.15) is 12.5 Å². The molecule has 3 heteroatoms. The van der Waals surface area contributed by atoms with Crippen LogP contribution in [0.15, 0.2) is 23.4 Å². The van der Waals surface area contributed by atoms with E-state index in [0.29, 0.717) is 10.8 Å². The Balaban J connectivity index is 2.90. The number of aryl methyl sites for hydroxylation is 1. The molecule has 0 fully saturated rings. The van der Waals surface area contributed by atoms with E-state index in [1.807, 2.05) is 26.0 Å². The molecule has 1 heterocycles. The van der Waals surface area contributed by atoms with Gasteiger partial charge in [-0.15, -0.1) is 0 Å². The van der Waals surface area contributed by atoms with Crippen LogP contribution >= 0.6 is 0 Å². The van der Waals surface area contributed by atoms with Gasteiger partial charge in [-0.25, -0.2) is 4.98 Å². The predicted octanol–water partition coefficient (Wildman–Crippen LogP) is 1.52. The van der Waals surface area contributed by atoms with Crippen LogP contribution in [0.3, 0.4) is 0 Å². The molecule has 0 aliphatic carbocycles. The van der Waals surface area contributed by atoms with E-state index < -0.39 is 10.8 Å². The fourth-order valence-electron chi connectivity index (χ4n) is 0.737. The fourth-order valence-corrected chi connectivity index (χ4v) is 1.42. The third kappa shape index (κ3) is 2.12. The molecular weight excluding hydrogens is 158 g/mol. The van der Waals surface area contributed by atoms with E-state index in [9.17, 15) is 4.21 Å². The van der Waals surface area contributed by atoms with Crippen molar-refractivity contribution in [2.75, 3.05) is 5.75 Å². The summed E-state index contributed by atoms with van der Waals surface area (Å²) >= 11 is 0. The van der Waals surface area contributed by atoms with E-state index in [-0.39, 0.29) is 0 Å². The summed E-state index contributed by atoms with van der Waals surface area (Å²) in [5.74, 6) is 0.635. The Bertz CT molecular complexity index is 255. The van der Waals surface area contributed by atoms with Crippen molar-refractivity contribution in [3.63, 3.8) is 0 Å². The van der Waals surface area contributed by atoms with E-state index in [0.717, 1.165) is 5.56 Å². The molecule has 0 N–H and O–H groups in total. The van der Waals surface area contributed by atoms with Gasteiger partial charge in [0, 0.05) is 11.9 Å². The first kappa shape index (κ1) is 8.40.